The van der Waals surface area contributed by atoms with Gasteiger partial charge in [0, 0.05) is 5.02 Å². The summed E-state index contributed by atoms with van der Waals surface area (Å²) in [6, 6.07) is 12.0. The van der Waals surface area contributed by atoms with Gasteiger partial charge < -0.3 is 0 Å². The summed E-state index contributed by atoms with van der Waals surface area (Å²) in [5, 5.41) is 9.46. The van der Waals surface area contributed by atoms with Crippen molar-refractivity contribution in [3.8, 4) is 6.07 Å². The molecule has 20 heavy (non-hydrogen) atoms. The van der Waals surface area contributed by atoms with E-state index in [4.69, 9.17) is 28.5 Å². The summed E-state index contributed by atoms with van der Waals surface area (Å²) in [6.45, 7) is 0. The molecule has 0 unspecified atom stereocenters. The second kappa shape index (κ2) is 5.71. The minimum Gasteiger partial charge on any atom is -0.278 e. The third kappa shape index (κ3) is 3.23. The average molecular weight is 327 g/mol. The minimum atomic E-state index is -3.78. The first-order valence-electron chi connectivity index (χ1n) is 5.40. The number of nitrogens with zero attached hydrogens (tertiary/aromatic N) is 1. The van der Waals surface area contributed by atoms with E-state index in [1.165, 1.54) is 42.5 Å². The van der Waals surface area contributed by atoms with E-state index in [0.29, 0.717) is 10.6 Å². The number of hydrogen-bond acceptors (Lipinski definition) is 3. The Bertz CT molecular complexity index is 781. The molecule has 7 heteroatoms. The molecule has 2 aromatic rings. The first kappa shape index (κ1) is 14.7. The highest BCUT2D eigenvalue weighted by atomic mass is 35.5. The van der Waals surface area contributed by atoms with Gasteiger partial charge >= 0.3 is 0 Å². The molecular formula is C13H8Cl2N2O2S. The van der Waals surface area contributed by atoms with Crippen molar-refractivity contribution < 1.29 is 8.42 Å². The van der Waals surface area contributed by atoms with Crippen molar-refractivity contribution in [1.29, 1.82) is 5.26 Å². The minimum absolute atomic E-state index is 0.0559. The van der Waals surface area contributed by atoms with Crippen LogP contribution in [0.1, 0.15) is 5.56 Å². The Balaban J connectivity index is 2.38. The highest BCUT2D eigenvalue weighted by Crippen LogP contribution is 2.26. The van der Waals surface area contributed by atoms with Gasteiger partial charge in [-0.05, 0) is 42.5 Å². The van der Waals surface area contributed by atoms with E-state index < -0.39 is 10.0 Å². The lowest BCUT2D eigenvalue weighted by atomic mass is 10.2. The highest BCUT2D eigenvalue weighted by molar-refractivity contribution is 7.92. The first-order chi connectivity index (χ1) is 9.42. The summed E-state index contributed by atoms with van der Waals surface area (Å²) >= 11 is 11.6. The normalized spacial score (nSPS) is 10.8. The van der Waals surface area contributed by atoms with Gasteiger partial charge in [-0.3, -0.25) is 4.72 Å². The van der Waals surface area contributed by atoms with Gasteiger partial charge in [0.05, 0.1) is 27.2 Å². The van der Waals surface area contributed by atoms with Crippen molar-refractivity contribution >= 4 is 38.9 Å². The topological polar surface area (TPSA) is 70.0 Å². The summed E-state index contributed by atoms with van der Waals surface area (Å²) in [7, 11) is -3.78. The van der Waals surface area contributed by atoms with Gasteiger partial charge in [-0.25, -0.2) is 8.42 Å². The molecule has 0 saturated heterocycles. The van der Waals surface area contributed by atoms with Gasteiger partial charge in [-0.1, -0.05) is 23.2 Å². The second-order valence-electron chi connectivity index (χ2n) is 3.87. The van der Waals surface area contributed by atoms with Crippen molar-refractivity contribution in [3.05, 3.63) is 58.1 Å². The van der Waals surface area contributed by atoms with Crippen LogP contribution in [0.15, 0.2) is 47.4 Å². The van der Waals surface area contributed by atoms with E-state index in [1.807, 2.05) is 6.07 Å². The zero-order valence-corrected chi connectivity index (χ0v) is 12.3. The molecule has 0 radical (unpaired) electrons. The molecule has 0 bridgehead atoms. The van der Waals surface area contributed by atoms with E-state index in [0.717, 1.165) is 0 Å². The molecular weight excluding hydrogens is 319 g/mol. The van der Waals surface area contributed by atoms with Crippen molar-refractivity contribution in [2.24, 2.45) is 0 Å². The van der Waals surface area contributed by atoms with Crippen LogP contribution < -0.4 is 4.72 Å². The number of anilines is 1. The Morgan fingerprint density at radius 2 is 1.70 bits per heavy atom. The van der Waals surface area contributed by atoms with Crippen LogP contribution in [-0.4, -0.2) is 8.42 Å². The van der Waals surface area contributed by atoms with Crippen LogP contribution in [-0.2, 0) is 10.0 Å². The van der Waals surface area contributed by atoms with Crippen LogP contribution in [0.3, 0.4) is 0 Å². The van der Waals surface area contributed by atoms with Gasteiger partial charge in [0.15, 0.2) is 0 Å². The Labute approximate surface area is 126 Å². The van der Waals surface area contributed by atoms with Crippen LogP contribution in [0.4, 0.5) is 5.69 Å². The average Bonchev–Trinajstić information content (AvgIpc) is 2.41. The van der Waals surface area contributed by atoms with Crippen molar-refractivity contribution in [1.82, 2.24) is 0 Å². The SMILES string of the molecule is N#Cc1ccc(Cl)c(NS(=O)(=O)c2ccc(Cl)cc2)c1. The number of sulfonamides is 1. The molecule has 2 rings (SSSR count). The fraction of sp³-hybridized carbons (Fsp3) is 0. The third-order valence-corrected chi connectivity index (χ3v) is 4.43. The fourth-order valence-corrected chi connectivity index (χ4v) is 2.91. The van der Waals surface area contributed by atoms with E-state index in [2.05, 4.69) is 4.72 Å². The van der Waals surface area contributed by atoms with E-state index in [9.17, 15) is 8.42 Å². The zero-order valence-electron chi connectivity index (χ0n) is 9.97. The number of nitriles is 1. The van der Waals surface area contributed by atoms with Crippen molar-refractivity contribution in [2.75, 3.05) is 4.72 Å². The molecule has 0 aromatic heterocycles. The molecule has 0 spiro atoms. The van der Waals surface area contributed by atoms with E-state index in [1.54, 1.807) is 0 Å². The van der Waals surface area contributed by atoms with E-state index in [-0.39, 0.29) is 15.6 Å². The lowest BCUT2D eigenvalue weighted by Crippen LogP contribution is -2.13. The monoisotopic (exact) mass is 326 g/mol. The number of rotatable bonds is 3. The molecule has 0 atom stereocenters. The number of benzene rings is 2. The molecule has 1 N–H and O–H groups in total. The molecule has 0 aliphatic heterocycles. The highest BCUT2D eigenvalue weighted by Gasteiger charge is 2.16. The summed E-state index contributed by atoms with van der Waals surface area (Å²) in [6.07, 6.45) is 0. The number of halogens is 2. The van der Waals surface area contributed by atoms with Gasteiger partial charge in [0.25, 0.3) is 10.0 Å². The zero-order chi connectivity index (χ0) is 14.8. The Hall–Kier alpha value is -1.74. The predicted molar refractivity (Wildman–Crippen MR) is 78.4 cm³/mol. The Morgan fingerprint density at radius 1 is 1.05 bits per heavy atom. The van der Waals surface area contributed by atoms with Crippen LogP contribution in [0.2, 0.25) is 10.0 Å². The largest absolute Gasteiger partial charge is 0.278 e. The third-order valence-electron chi connectivity index (χ3n) is 2.46. The van der Waals surface area contributed by atoms with Gasteiger partial charge in [-0.15, -0.1) is 0 Å². The molecule has 0 amide bonds. The molecule has 0 aliphatic rings. The van der Waals surface area contributed by atoms with Gasteiger partial charge in [-0.2, -0.15) is 5.26 Å². The molecule has 0 aliphatic carbocycles. The van der Waals surface area contributed by atoms with Gasteiger partial charge in [0.1, 0.15) is 0 Å². The van der Waals surface area contributed by atoms with E-state index >= 15 is 0 Å². The Morgan fingerprint density at radius 3 is 2.30 bits per heavy atom. The maximum absolute atomic E-state index is 12.2. The maximum atomic E-state index is 12.2. The standard InChI is InChI=1S/C13H8Cl2N2O2S/c14-10-2-4-11(5-3-10)20(18,19)17-13-7-9(8-16)1-6-12(13)15/h1-7,17H. The lowest BCUT2D eigenvalue weighted by molar-refractivity contribution is 0.601. The molecule has 0 saturated carbocycles. The maximum Gasteiger partial charge on any atom is 0.261 e. The smallest absolute Gasteiger partial charge is 0.261 e. The second-order valence-corrected chi connectivity index (χ2v) is 6.39. The Kier molecular flexibility index (Phi) is 4.19. The molecule has 0 heterocycles. The lowest BCUT2D eigenvalue weighted by Gasteiger charge is -2.10. The summed E-state index contributed by atoms with van der Waals surface area (Å²) < 4.78 is 26.7. The van der Waals surface area contributed by atoms with Crippen LogP contribution >= 0.6 is 23.2 Å². The molecule has 102 valence electrons. The summed E-state index contributed by atoms with van der Waals surface area (Å²) in [4.78, 5) is 0.0559. The van der Waals surface area contributed by atoms with Crippen molar-refractivity contribution in [3.63, 3.8) is 0 Å². The molecule has 2 aromatic carbocycles. The molecule has 4 nitrogen and oxygen atoms in total. The summed E-state index contributed by atoms with van der Waals surface area (Å²) in [5.74, 6) is 0. The molecule has 0 fully saturated rings. The number of nitrogens with one attached hydrogen (secondary N) is 1. The fourth-order valence-electron chi connectivity index (χ4n) is 1.49. The number of hydrogen-bond donors (Lipinski definition) is 1. The first-order valence-corrected chi connectivity index (χ1v) is 7.64. The van der Waals surface area contributed by atoms with Gasteiger partial charge in [0.2, 0.25) is 0 Å². The van der Waals surface area contributed by atoms with Crippen molar-refractivity contribution in [2.45, 2.75) is 4.90 Å². The van der Waals surface area contributed by atoms with Crippen LogP contribution in [0, 0.1) is 11.3 Å². The van der Waals surface area contributed by atoms with Crippen LogP contribution in [0.25, 0.3) is 0 Å². The predicted octanol–water partition coefficient (Wildman–Crippen LogP) is 3.67. The van der Waals surface area contributed by atoms with Crippen LogP contribution in [0.5, 0.6) is 0 Å². The summed E-state index contributed by atoms with van der Waals surface area (Å²) in [5.41, 5.74) is 0.462. The quantitative estimate of drug-likeness (QED) is 0.935.